The van der Waals surface area contributed by atoms with Crippen molar-refractivity contribution in [3.8, 4) is 5.69 Å². The number of nitrogens with zero attached hydrogens (tertiary/aromatic N) is 4. The molecule has 0 amide bonds. The Morgan fingerprint density at radius 1 is 1.03 bits per heavy atom. The molecule has 1 atom stereocenters. The van der Waals surface area contributed by atoms with Crippen molar-refractivity contribution in [2.24, 2.45) is 7.05 Å². The monoisotopic (exact) mass is 590 g/mol. The zero-order valence-electron chi connectivity index (χ0n) is 21.9. The SMILES string of the molecule is CC(C)O.Cc1c(N2CC(O)(c3ccc(Cl)cc3)[N+]3=C2CCCCC3)c(=O)n(-c2ccccc2)n1C.[Br-]. The molecule has 2 aliphatic heterocycles. The first-order valence-corrected chi connectivity index (χ1v) is 12.9. The van der Waals surface area contributed by atoms with Crippen LogP contribution in [-0.2, 0) is 12.8 Å². The Hall–Kier alpha value is -2.39. The van der Waals surface area contributed by atoms with E-state index in [4.69, 9.17) is 16.7 Å². The number of para-hydroxylation sites is 1. The lowest BCUT2D eigenvalue weighted by atomic mass is 10.0. The Balaban J connectivity index is 0.000000711. The molecule has 0 saturated carbocycles. The Bertz CT molecular complexity index is 1300. The molecule has 3 heterocycles. The average Bonchev–Trinajstić information content (AvgIpc) is 3.10. The van der Waals surface area contributed by atoms with Crippen molar-refractivity contribution in [2.45, 2.75) is 58.3 Å². The number of β-amino-alcohol motifs (C(OH)–C–C–N with tert-alkyl or cyclic N) is 1. The van der Waals surface area contributed by atoms with Crippen molar-refractivity contribution in [3.63, 3.8) is 0 Å². The minimum absolute atomic E-state index is 0. The quantitative estimate of drug-likeness (QED) is 0.449. The number of hydrogen-bond acceptors (Lipinski definition) is 4. The minimum Gasteiger partial charge on any atom is -1.00 e. The molecule has 200 valence electrons. The smallest absolute Gasteiger partial charge is 0.318 e. The van der Waals surface area contributed by atoms with Gasteiger partial charge in [-0.15, -0.1) is 0 Å². The van der Waals surface area contributed by atoms with E-state index in [1.54, 1.807) is 18.5 Å². The van der Waals surface area contributed by atoms with E-state index in [1.165, 1.54) is 0 Å². The fraction of sp³-hybridized carbons (Fsp3) is 0.429. The number of amidine groups is 1. The first-order valence-electron chi connectivity index (χ1n) is 12.6. The highest BCUT2D eigenvalue weighted by atomic mass is 79.9. The molecule has 0 bridgehead atoms. The van der Waals surface area contributed by atoms with Crippen molar-refractivity contribution in [1.29, 1.82) is 0 Å². The van der Waals surface area contributed by atoms with Gasteiger partial charge in [-0.2, -0.15) is 0 Å². The summed E-state index contributed by atoms with van der Waals surface area (Å²) in [6, 6.07) is 17.1. The molecule has 0 saturated heterocycles. The van der Waals surface area contributed by atoms with Gasteiger partial charge in [0.1, 0.15) is 0 Å². The van der Waals surface area contributed by atoms with Crippen LogP contribution in [0, 0.1) is 6.92 Å². The molecule has 7 nitrogen and oxygen atoms in total. The van der Waals surface area contributed by atoms with Crippen LogP contribution in [0.5, 0.6) is 0 Å². The van der Waals surface area contributed by atoms with Crippen LogP contribution < -0.4 is 27.4 Å². The van der Waals surface area contributed by atoms with Gasteiger partial charge in [0.25, 0.3) is 11.6 Å². The molecule has 5 rings (SSSR count). The van der Waals surface area contributed by atoms with Crippen molar-refractivity contribution in [1.82, 2.24) is 9.36 Å². The molecule has 9 heteroatoms. The molecule has 0 aliphatic carbocycles. The Morgan fingerprint density at radius 3 is 2.27 bits per heavy atom. The molecular formula is C28H36BrClN4O3. The summed E-state index contributed by atoms with van der Waals surface area (Å²) >= 11 is 6.11. The lowest BCUT2D eigenvalue weighted by Gasteiger charge is -2.23. The number of halogens is 2. The first-order chi connectivity index (χ1) is 17.1. The van der Waals surface area contributed by atoms with Gasteiger partial charge in [0.15, 0.2) is 6.54 Å². The van der Waals surface area contributed by atoms with E-state index < -0.39 is 5.72 Å². The molecule has 0 radical (unpaired) electrons. The predicted molar refractivity (Wildman–Crippen MR) is 144 cm³/mol. The third kappa shape index (κ3) is 5.72. The second-order valence-electron chi connectivity index (χ2n) is 9.79. The highest BCUT2D eigenvalue weighted by Gasteiger charge is 2.53. The fourth-order valence-corrected chi connectivity index (χ4v) is 5.23. The van der Waals surface area contributed by atoms with E-state index >= 15 is 0 Å². The maximum Gasteiger partial charge on any atom is 0.318 e. The van der Waals surface area contributed by atoms with Crippen molar-refractivity contribution >= 4 is 23.1 Å². The molecule has 3 aromatic rings. The predicted octanol–water partition coefficient (Wildman–Crippen LogP) is 1.18. The molecule has 2 aliphatic rings. The summed E-state index contributed by atoms with van der Waals surface area (Å²) in [5.74, 6) is 1.02. The van der Waals surface area contributed by atoms with Gasteiger partial charge in [-0.25, -0.2) is 14.2 Å². The Kier molecular flexibility index (Phi) is 9.45. The van der Waals surface area contributed by atoms with E-state index in [0.29, 0.717) is 17.3 Å². The zero-order chi connectivity index (χ0) is 26.0. The van der Waals surface area contributed by atoms with Crippen LogP contribution in [0.2, 0.25) is 5.02 Å². The Morgan fingerprint density at radius 2 is 1.65 bits per heavy atom. The minimum atomic E-state index is -1.21. The fourth-order valence-electron chi connectivity index (χ4n) is 5.11. The number of aliphatic hydroxyl groups is 2. The lowest BCUT2D eigenvalue weighted by Crippen LogP contribution is -3.00. The third-order valence-electron chi connectivity index (χ3n) is 6.83. The number of aromatic nitrogens is 2. The number of rotatable bonds is 3. The number of benzene rings is 2. The van der Waals surface area contributed by atoms with E-state index in [-0.39, 0.29) is 28.6 Å². The van der Waals surface area contributed by atoms with Crippen molar-refractivity contribution in [3.05, 3.63) is 81.2 Å². The molecule has 2 N–H and O–H groups in total. The van der Waals surface area contributed by atoms with Gasteiger partial charge in [0, 0.05) is 30.2 Å². The van der Waals surface area contributed by atoms with Crippen molar-refractivity contribution < 1.29 is 31.8 Å². The number of hydrogen-bond donors (Lipinski definition) is 2. The van der Waals surface area contributed by atoms with Crippen LogP contribution in [0.4, 0.5) is 5.69 Å². The van der Waals surface area contributed by atoms with Crippen molar-refractivity contribution in [2.75, 3.05) is 18.0 Å². The second kappa shape index (κ2) is 12.0. The molecule has 37 heavy (non-hydrogen) atoms. The highest BCUT2D eigenvalue weighted by Crippen LogP contribution is 2.36. The first kappa shape index (κ1) is 29.2. The maximum absolute atomic E-state index is 13.7. The van der Waals surface area contributed by atoms with E-state index in [1.807, 2.05) is 73.3 Å². The average molecular weight is 592 g/mol. The summed E-state index contributed by atoms with van der Waals surface area (Å²) in [6.07, 6.45) is 3.81. The molecule has 0 spiro atoms. The summed E-state index contributed by atoms with van der Waals surface area (Å²) < 4.78 is 5.70. The summed E-state index contributed by atoms with van der Waals surface area (Å²) in [6.45, 7) is 6.47. The van der Waals surface area contributed by atoms with Gasteiger partial charge in [-0.05, 0) is 64.3 Å². The third-order valence-corrected chi connectivity index (χ3v) is 7.08. The zero-order valence-corrected chi connectivity index (χ0v) is 24.2. The standard InChI is InChI=1S/C25H28ClN4O2.C3H8O.BrH/c1-18-23(24(31)30(27(18)2)21-9-5-3-6-10-21)28-17-25(32,19-12-14-20(26)15-13-19)29-16-8-4-7-11-22(28)29;1-3(2)4;/h3,5-6,9-10,12-15,32H,4,7-8,11,16-17H2,1-2H3;3-4H,1-2H3;1H/q+1;;/p-1. The number of anilines is 1. The van der Waals surface area contributed by atoms with Crippen LogP contribution >= 0.6 is 11.6 Å². The van der Waals surface area contributed by atoms with E-state index in [0.717, 1.165) is 55.0 Å². The summed E-state index contributed by atoms with van der Waals surface area (Å²) in [5, 5.41) is 20.7. The lowest BCUT2D eigenvalue weighted by molar-refractivity contribution is -0.658. The Labute approximate surface area is 234 Å². The molecule has 0 fully saturated rings. The second-order valence-corrected chi connectivity index (χ2v) is 10.2. The van der Waals surface area contributed by atoms with E-state index in [2.05, 4.69) is 9.48 Å². The summed E-state index contributed by atoms with van der Waals surface area (Å²) in [7, 11) is 1.91. The van der Waals surface area contributed by atoms with Gasteiger partial charge in [0.05, 0.1) is 17.9 Å². The van der Waals surface area contributed by atoms with Gasteiger partial charge in [0.2, 0.25) is 5.69 Å². The van der Waals surface area contributed by atoms with Gasteiger partial charge >= 0.3 is 5.56 Å². The largest absolute Gasteiger partial charge is 1.00 e. The summed E-state index contributed by atoms with van der Waals surface area (Å²) in [4.78, 5) is 15.8. The highest BCUT2D eigenvalue weighted by molar-refractivity contribution is 6.30. The normalized spacial score (nSPS) is 19.2. The van der Waals surface area contributed by atoms with Crippen LogP contribution in [0.15, 0.2) is 59.4 Å². The number of aliphatic hydroxyl groups excluding tert-OH is 1. The van der Waals surface area contributed by atoms with Gasteiger partial charge in [-0.1, -0.05) is 41.9 Å². The molecule has 1 unspecified atom stereocenters. The molecular weight excluding hydrogens is 556 g/mol. The van der Waals surface area contributed by atoms with Crippen LogP contribution in [0.3, 0.4) is 0 Å². The van der Waals surface area contributed by atoms with Gasteiger partial charge < -0.3 is 27.2 Å². The summed E-state index contributed by atoms with van der Waals surface area (Å²) in [5.41, 5.74) is 1.83. The van der Waals surface area contributed by atoms with Gasteiger partial charge in [-0.3, -0.25) is 9.48 Å². The topological polar surface area (TPSA) is 73.6 Å². The molecule has 2 aromatic carbocycles. The van der Waals surface area contributed by atoms with Crippen LogP contribution in [-0.4, -0.2) is 49.2 Å². The van der Waals surface area contributed by atoms with Crippen LogP contribution in [0.25, 0.3) is 5.69 Å². The van der Waals surface area contributed by atoms with Crippen LogP contribution in [0.1, 0.15) is 50.8 Å². The maximum atomic E-state index is 13.7. The van der Waals surface area contributed by atoms with E-state index in [9.17, 15) is 9.90 Å². The molecule has 1 aromatic heterocycles.